The van der Waals surface area contributed by atoms with Gasteiger partial charge in [-0.2, -0.15) is 0 Å². The molecule has 0 radical (unpaired) electrons. The van der Waals surface area contributed by atoms with E-state index < -0.39 is 0 Å². The molecule has 2 atom stereocenters. The predicted molar refractivity (Wildman–Crippen MR) is 111 cm³/mol. The molecule has 2 heteroatoms. The number of allylic oxidation sites excluding steroid dienone is 1. The molecular weight excluding hydrogens is 330 g/mol. The summed E-state index contributed by atoms with van der Waals surface area (Å²) in [6, 6.07) is 12.3. The van der Waals surface area contributed by atoms with E-state index >= 15 is 0 Å². The highest BCUT2D eigenvalue weighted by Crippen LogP contribution is 2.40. The number of fused-ring (bicyclic) bond motifs is 1. The Morgan fingerprint density at radius 3 is 2.89 bits per heavy atom. The predicted octanol–water partition coefficient (Wildman–Crippen LogP) is 5.91. The summed E-state index contributed by atoms with van der Waals surface area (Å²) in [6.45, 7) is 0. The third-order valence-electron chi connectivity index (χ3n) is 6.22. The van der Waals surface area contributed by atoms with E-state index in [2.05, 4.69) is 18.2 Å². The first-order valence-electron chi connectivity index (χ1n) is 10.5. The van der Waals surface area contributed by atoms with E-state index in [1.807, 2.05) is 36.5 Å². The fourth-order valence-electron chi connectivity index (χ4n) is 4.79. The van der Waals surface area contributed by atoms with Crippen molar-refractivity contribution in [2.24, 2.45) is 5.92 Å². The highest BCUT2D eigenvalue weighted by molar-refractivity contribution is 5.80. The molecule has 27 heavy (non-hydrogen) atoms. The molecule has 2 nitrogen and oxygen atoms in total. The van der Waals surface area contributed by atoms with Crippen LogP contribution in [-0.2, 0) is 17.6 Å². The third-order valence-corrected chi connectivity index (χ3v) is 6.22. The monoisotopic (exact) mass is 359 g/mol. The summed E-state index contributed by atoms with van der Waals surface area (Å²) < 4.78 is 0. The Morgan fingerprint density at radius 1 is 1.11 bits per heavy atom. The summed E-state index contributed by atoms with van der Waals surface area (Å²) in [4.78, 5) is 17.2. The lowest BCUT2D eigenvalue weighted by Gasteiger charge is -2.30. The molecule has 2 aliphatic rings. The van der Waals surface area contributed by atoms with E-state index in [-0.39, 0.29) is 0 Å². The van der Waals surface area contributed by atoms with Gasteiger partial charge in [-0.15, -0.1) is 0 Å². The Balaban J connectivity index is 1.35. The van der Waals surface area contributed by atoms with Gasteiger partial charge in [-0.25, -0.2) is 0 Å². The number of benzene rings is 1. The number of carbonyl (C=O) groups is 1. The maximum Gasteiger partial charge on any atom is 0.137 e. The first kappa shape index (κ1) is 18.2. The summed E-state index contributed by atoms with van der Waals surface area (Å²) in [5, 5.41) is 0. The topological polar surface area (TPSA) is 30.0 Å². The lowest BCUT2D eigenvalue weighted by Crippen LogP contribution is -2.18. The molecule has 1 heterocycles. The highest BCUT2D eigenvalue weighted by atomic mass is 16.1. The third kappa shape index (κ3) is 4.55. The number of hydrogen-bond donors (Lipinski definition) is 0. The number of ketones is 1. The second kappa shape index (κ2) is 8.65. The van der Waals surface area contributed by atoms with Crippen LogP contribution in [0.4, 0.5) is 0 Å². The normalized spacial score (nSPS) is 21.6. The van der Waals surface area contributed by atoms with Crippen LogP contribution >= 0.6 is 0 Å². The van der Waals surface area contributed by atoms with E-state index in [1.54, 1.807) is 0 Å². The molecule has 0 spiro atoms. The molecule has 0 aliphatic heterocycles. The molecule has 0 bridgehead atoms. The maximum atomic E-state index is 12.4. The molecule has 2 aliphatic carbocycles. The van der Waals surface area contributed by atoms with Gasteiger partial charge in [0.25, 0.3) is 0 Å². The Labute approximate surface area is 162 Å². The van der Waals surface area contributed by atoms with Gasteiger partial charge in [0, 0.05) is 25.0 Å². The Morgan fingerprint density at radius 2 is 2.00 bits per heavy atom. The van der Waals surface area contributed by atoms with Crippen molar-refractivity contribution in [3.8, 4) is 0 Å². The lowest BCUT2D eigenvalue weighted by molar-refractivity contribution is -0.118. The van der Waals surface area contributed by atoms with Crippen molar-refractivity contribution in [3.05, 3.63) is 71.1 Å². The van der Waals surface area contributed by atoms with E-state index in [0.29, 0.717) is 30.5 Å². The highest BCUT2D eigenvalue weighted by Gasteiger charge is 2.27. The standard InChI is InChI=1S/C25H29NO/c27-23(18-19-7-2-1-3-8-19)14-13-20-9-6-11-22(17-20)25-24-12-5-4-10-21(24)15-16-26-25/h1-3,5,7-8,12,15-16,20,22H,4,6,9-11,13-14,17-18H2. The Bertz CT molecular complexity index is 808. The average molecular weight is 360 g/mol. The van der Waals surface area contributed by atoms with E-state index in [1.165, 1.54) is 42.5 Å². The van der Waals surface area contributed by atoms with Crippen molar-refractivity contribution >= 4 is 11.9 Å². The van der Waals surface area contributed by atoms with E-state index in [9.17, 15) is 4.79 Å². The fraction of sp³-hybridized carbons (Fsp3) is 0.440. The van der Waals surface area contributed by atoms with Crippen molar-refractivity contribution in [3.63, 3.8) is 0 Å². The molecule has 0 saturated heterocycles. The van der Waals surface area contributed by atoms with Gasteiger partial charge in [-0.3, -0.25) is 9.78 Å². The summed E-state index contributed by atoms with van der Waals surface area (Å²) in [6.07, 6.45) is 16.2. The van der Waals surface area contributed by atoms with Crippen LogP contribution in [0.2, 0.25) is 0 Å². The molecule has 1 aromatic heterocycles. The van der Waals surface area contributed by atoms with Gasteiger partial charge in [0.1, 0.15) is 5.78 Å². The number of aryl methyl sites for hydroxylation is 1. The van der Waals surface area contributed by atoms with E-state index in [4.69, 9.17) is 4.98 Å². The minimum Gasteiger partial charge on any atom is -0.299 e. The Hall–Kier alpha value is -2.22. The molecule has 1 aromatic carbocycles. The molecule has 0 amide bonds. The minimum atomic E-state index is 0.376. The number of pyridine rings is 1. The van der Waals surface area contributed by atoms with Crippen LogP contribution in [0.25, 0.3) is 6.08 Å². The molecule has 1 saturated carbocycles. The van der Waals surface area contributed by atoms with Crippen LogP contribution in [0.15, 0.2) is 48.7 Å². The van der Waals surface area contributed by atoms with Gasteiger partial charge >= 0.3 is 0 Å². The molecular formula is C25H29NO. The Kier molecular flexibility index (Phi) is 5.81. The maximum absolute atomic E-state index is 12.4. The number of hydrogen-bond acceptors (Lipinski definition) is 2. The van der Waals surface area contributed by atoms with Crippen LogP contribution < -0.4 is 0 Å². The van der Waals surface area contributed by atoms with Crippen molar-refractivity contribution in [1.82, 2.24) is 4.98 Å². The summed E-state index contributed by atoms with van der Waals surface area (Å²) in [7, 11) is 0. The van der Waals surface area contributed by atoms with Crippen LogP contribution in [-0.4, -0.2) is 10.8 Å². The molecule has 0 N–H and O–H groups in total. The van der Waals surface area contributed by atoms with Gasteiger partial charge in [-0.1, -0.05) is 55.3 Å². The number of Topliss-reactive ketones (excluding diaryl/α,β-unsaturated/α-hetero) is 1. The zero-order valence-corrected chi connectivity index (χ0v) is 16.1. The van der Waals surface area contributed by atoms with Crippen molar-refractivity contribution in [2.45, 2.75) is 63.7 Å². The molecule has 2 aromatic rings. The first-order valence-corrected chi connectivity index (χ1v) is 10.5. The van der Waals surface area contributed by atoms with Gasteiger partial charge in [0.15, 0.2) is 0 Å². The van der Waals surface area contributed by atoms with Crippen LogP contribution in [0.3, 0.4) is 0 Å². The van der Waals surface area contributed by atoms with Gasteiger partial charge in [0.2, 0.25) is 0 Å². The second-order valence-corrected chi connectivity index (χ2v) is 8.18. The number of nitrogens with zero attached hydrogens (tertiary/aromatic N) is 1. The summed E-state index contributed by atoms with van der Waals surface area (Å²) >= 11 is 0. The number of aromatic nitrogens is 1. The molecule has 4 rings (SSSR count). The lowest BCUT2D eigenvalue weighted by atomic mass is 9.76. The van der Waals surface area contributed by atoms with Crippen molar-refractivity contribution in [1.29, 1.82) is 0 Å². The molecule has 140 valence electrons. The first-order chi connectivity index (χ1) is 13.3. The molecule has 2 unspecified atom stereocenters. The average Bonchev–Trinajstić information content (AvgIpc) is 2.73. The summed E-state index contributed by atoms with van der Waals surface area (Å²) in [5.74, 6) is 1.60. The van der Waals surface area contributed by atoms with Crippen LogP contribution in [0, 0.1) is 5.92 Å². The van der Waals surface area contributed by atoms with Crippen molar-refractivity contribution < 1.29 is 4.79 Å². The fourth-order valence-corrected chi connectivity index (χ4v) is 4.79. The summed E-state index contributed by atoms with van der Waals surface area (Å²) in [5.41, 5.74) is 5.29. The van der Waals surface area contributed by atoms with Crippen LogP contribution in [0.5, 0.6) is 0 Å². The zero-order valence-electron chi connectivity index (χ0n) is 16.1. The quantitative estimate of drug-likeness (QED) is 0.642. The second-order valence-electron chi connectivity index (χ2n) is 8.18. The van der Waals surface area contributed by atoms with Gasteiger partial charge < -0.3 is 0 Å². The van der Waals surface area contributed by atoms with Crippen LogP contribution in [0.1, 0.15) is 73.2 Å². The van der Waals surface area contributed by atoms with Gasteiger partial charge in [0.05, 0.1) is 5.69 Å². The van der Waals surface area contributed by atoms with E-state index in [0.717, 1.165) is 24.8 Å². The smallest absolute Gasteiger partial charge is 0.137 e. The number of carbonyl (C=O) groups excluding carboxylic acids is 1. The number of rotatable bonds is 6. The largest absolute Gasteiger partial charge is 0.299 e. The zero-order chi connectivity index (χ0) is 18.5. The van der Waals surface area contributed by atoms with Gasteiger partial charge in [-0.05, 0) is 60.8 Å². The van der Waals surface area contributed by atoms with Crippen molar-refractivity contribution in [2.75, 3.05) is 0 Å². The molecule has 1 fully saturated rings. The SMILES string of the molecule is O=C(CCC1CCCC(c2nccc3c2C=CCC3)C1)Cc1ccccc1. The minimum absolute atomic E-state index is 0.376.